The van der Waals surface area contributed by atoms with Crippen molar-refractivity contribution in [1.82, 2.24) is 4.98 Å². The van der Waals surface area contributed by atoms with Crippen molar-refractivity contribution in [3.63, 3.8) is 0 Å². The number of cyclic esters (lactones) is 1. The van der Waals surface area contributed by atoms with Crippen LogP contribution in [0.2, 0.25) is 0 Å². The van der Waals surface area contributed by atoms with E-state index in [0.29, 0.717) is 12.8 Å². The fourth-order valence-electron chi connectivity index (χ4n) is 5.53. The zero-order valence-corrected chi connectivity index (χ0v) is 23.8. The van der Waals surface area contributed by atoms with Gasteiger partial charge in [0.05, 0.1) is 28.0 Å². The van der Waals surface area contributed by atoms with Crippen LogP contribution in [0.4, 0.5) is 0 Å². The van der Waals surface area contributed by atoms with Gasteiger partial charge in [-0.2, -0.15) is 0 Å². The maximum atomic E-state index is 13.2. The average Bonchev–Trinajstić information content (AvgIpc) is 3.29. The number of aliphatic hydroxyl groups excluding tert-OH is 1. The molecule has 6 atom stereocenters. The lowest BCUT2D eigenvalue weighted by molar-refractivity contribution is -0.149. The molecule has 0 radical (unpaired) electrons. The van der Waals surface area contributed by atoms with E-state index in [4.69, 9.17) is 14.5 Å². The summed E-state index contributed by atoms with van der Waals surface area (Å²) in [6, 6.07) is 8.03. The van der Waals surface area contributed by atoms with Crippen molar-refractivity contribution in [3.05, 3.63) is 34.8 Å². The van der Waals surface area contributed by atoms with E-state index in [9.17, 15) is 14.7 Å². The Labute approximate surface area is 224 Å². The molecular weight excluding hydrogens is 486 g/mol. The molecule has 202 valence electrons. The first-order chi connectivity index (χ1) is 17.4. The number of ketones is 1. The number of benzene rings is 1. The number of epoxide rings is 1. The second kappa shape index (κ2) is 11.0. The van der Waals surface area contributed by atoms with Crippen LogP contribution in [-0.4, -0.2) is 45.8 Å². The highest BCUT2D eigenvalue weighted by Gasteiger charge is 2.52. The van der Waals surface area contributed by atoms with E-state index >= 15 is 0 Å². The number of carbonyl (C=O) groups excluding carboxylic acids is 2. The largest absolute Gasteiger partial charge is 0.458 e. The van der Waals surface area contributed by atoms with Gasteiger partial charge in [-0.05, 0) is 62.8 Å². The number of ether oxygens (including phenoxy) is 2. The maximum absolute atomic E-state index is 13.2. The van der Waals surface area contributed by atoms with Crippen LogP contribution in [-0.2, 0) is 19.1 Å². The van der Waals surface area contributed by atoms with Gasteiger partial charge in [0, 0.05) is 24.2 Å². The van der Waals surface area contributed by atoms with E-state index in [0.717, 1.165) is 40.1 Å². The minimum Gasteiger partial charge on any atom is -0.458 e. The number of carbonyl (C=O) groups is 2. The molecule has 2 aromatic rings. The fraction of sp³-hybridized carbons (Fsp3) is 0.633. The Morgan fingerprint density at radius 1 is 1.16 bits per heavy atom. The van der Waals surface area contributed by atoms with Gasteiger partial charge < -0.3 is 14.6 Å². The Hall–Kier alpha value is -2.09. The molecule has 0 unspecified atom stereocenters. The molecule has 0 spiro atoms. The number of fused-ring (bicyclic) bond motifs is 2. The second-order valence-corrected chi connectivity index (χ2v) is 13.0. The lowest BCUT2D eigenvalue weighted by atomic mass is 9.74. The monoisotopic (exact) mass is 527 g/mol. The Kier molecular flexibility index (Phi) is 8.27. The Morgan fingerprint density at radius 3 is 2.62 bits per heavy atom. The maximum Gasteiger partial charge on any atom is 0.306 e. The summed E-state index contributed by atoms with van der Waals surface area (Å²) in [4.78, 5) is 31.0. The van der Waals surface area contributed by atoms with E-state index in [1.165, 1.54) is 0 Å². The molecule has 0 saturated carbocycles. The highest BCUT2D eigenvalue weighted by Crippen LogP contribution is 2.45. The number of Topliss-reactive ketones (excluding diaryl/α,β-unsaturated/α-hetero) is 1. The van der Waals surface area contributed by atoms with Crippen LogP contribution in [0, 0.1) is 17.3 Å². The molecule has 0 aliphatic carbocycles. The number of thiazole rings is 1. The zero-order chi connectivity index (χ0) is 27.0. The van der Waals surface area contributed by atoms with Gasteiger partial charge in [-0.25, -0.2) is 4.98 Å². The Morgan fingerprint density at radius 2 is 1.89 bits per heavy atom. The molecule has 2 saturated heterocycles. The molecule has 6 nitrogen and oxygen atoms in total. The highest BCUT2D eigenvalue weighted by molar-refractivity contribution is 7.19. The van der Waals surface area contributed by atoms with E-state index in [-0.39, 0.29) is 35.8 Å². The minimum absolute atomic E-state index is 0.00671. The lowest BCUT2D eigenvalue weighted by Gasteiger charge is -2.31. The second-order valence-electron chi connectivity index (χ2n) is 11.9. The van der Waals surface area contributed by atoms with Crippen LogP contribution in [0.3, 0.4) is 0 Å². The topological polar surface area (TPSA) is 89.0 Å². The number of aromatic nitrogens is 1. The third-order valence-electron chi connectivity index (χ3n) is 8.37. The summed E-state index contributed by atoms with van der Waals surface area (Å²) in [5.74, 6) is -0.798. The SMILES string of the molecule is C/C(=C\c1nc2ccccc2s1)[C@@H]1C[C@@H]2O[C@]2(C)CCC[C@H](C)[C@H](O)[C@@H](C)C(=O)C(C)(C)CCC(=O)O1. The van der Waals surface area contributed by atoms with Crippen molar-refractivity contribution in [1.29, 1.82) is 0 Å². The summed E-state index contributed by atoms with van der Waals surface area (Å²) in [7, 11) is 0. The summed E-state index contributed by atoms with van der Waals surface area (Å²) in [5.41, 5.74) is 0.911. The van der Waals surface area contributed by atoms with E-state index in [1.807, 2.05) is 52.0 Å². The molecule has 2 fully saturated rings. The highest BCUT2D eigenvalue weighted by atomic mass is 32.1. The zero-order valence-electron chi connectivity index (χ0n) is 23.0. The smallest absolute Gasteiger partial charge is 0.306 e. The molecule has 1 aromatic carbocycles. The molecule has 0 bridgehead atoms. The normalized spacial score (nSPS) is 34.1. The van der Waals surface area contributed by atoms with Crippen molar-refractivity contribution >= 4 is 39.4 Å². The van der Waals surface area contributed by atoms with Crippen molar-refractivity contribution in [2.75, 3.05) is 0 Å². The molecule has 0 amide bonds. The molecule has 2 aliphatic rings. The predicted molar refractivity (Wildman–Crippen MR) is 147 cm³/mol. The Balaban J connectivity index is 1.56. The van der Waals surface area contributed by atoms with Crippen molar-refractivity contribution in [2.24, 2.45) is 17.3 Å². The molecule has 37 heavy (non-hydrogen) atoms. The predicted octanol–water partition coefficient (Wildman–Crippen LogP) is 6.35. The number of hydrogen-bond donors (Lipinski definition) is 1. The quantitative estimate of drug-likeness (QED) is 0.362. The van der Waals surface area contributed by atoms with Crippen molar-refractivity contribution in [2.45, 2.75) is 104 Å². The Bertz CT molecular complexity index is 1140. The molecule has 7 heteroatoms. The van der Waals surface area contributed by atoms with Gasteiger partial charge in [0.2, 0.25) is 0 Å². The van der Waals surface area contributed by atoms with E-state index in [1.54, 1.807) is 18.3 Å². The van der Waals surface area contributed by atoms with Gasteiger partial charge in [0.1, 0.15) is 16.9 Å². The minimum atomic E-state index is -0.726. The molecule has 3 heterocycles. The third kappa shape index (κ3) is 6.50. The average molecular weight is 528 g/mol. The molecule has 1 aromatic heterocycles. The van der Waals surface area contributed by atoms with Crippen LogP contribution in [0.15, 0.2) is 29.8 Å². The third-order valence-corrected chi connectivity index (χ3v) is 9.35. The van der Waals surface area contributed by atoms with Gasteiger partial charge in [0.15, 0.2) is 0 Å². The summed E-state index contributed by atoms with van der Waals surface area (Å²) < 4.78 is 13.3. The van der Waals surface area contributed by atoms with Crippen LogP contribution < -0.4 is 0 Å². The fourth-order valence-corrected chi connectivity index (χ4v) is 6.51. The van der Waals surface area contributed by atoms with Crippen LogP contribution in [0.5, 0.6) is 0 Å². The van der Waals surface area contributed by atoms with Gasteiger partial charge in [-0.3, -0.25) is 9.59 Å². The number of para-hydroxylation sites is 1. The van der Waals surface area contributed by atoms with Crippen LogP contribution >= 0.6 is 11.3 Å². The van der Waals surface area contributed by atoms with Gasteiger partial charge >= 0.3 is 5.97 Å². The summed E-state index contributed by atoms with van der Waals surface area (Å²) in [6.07, 6.45) is 4.61. The number of nitrogens with zero attached hydrogens (tertiary/aromatic N) is 1. The number of hydrogen-bond acceptors (Lipinski definition) is 7. The summed E-state index contributed by atoms with van der Waals surface area (Å²) in [5, 5.41) is 11.7. The van der Waals surface area contributed by atoms with Crippen molar-refractivity contribution < 1.29 is 24.2 Å². The number of rotatable bonds is 2. The first-order valence-electron chi connectivity index (χ1n) is 13.5. The van der Waals surface area contributed by atoms with Gasteiger partial charge in [-0.15, -0.1) is 11.3 Å². The first-order valence-corrected chi connectivity index (χ1v) is 14.3. The standard InChI is InChI=1S/C30H41NO5S/c1-18-10-9-14-30(6)24(36-30)17-22(19(2)16-25-31-21-11-7-8-12-23(21)37-25)35-26(32)13-15-29(4,5)28(34)20(3)27(18)33/h7-8,11-12,16,18,20,22,24,27,33H,9-10,13-15,17H2,1-6H3/b19-16+/t18-,20+,22-,24-,27-,30+/m0/s1. The van der Waals surface area contributed by atoms with Crippen LogP contribution in [0.25, 0.3) is 16.3 Å². The summed E-state index contributed by atoms with van der Waals surface area (Å²) in [6.45, 7) is 11.6. The molecule has 1 N–H and O–H groups in total. The van der Waals surface area contributed by atoms with Crippen LogP contribution in [0.1, 0.15) is 85.1 Å². The van der Waals surface area contributed by atoms with Gasteiger partial charge in [0.25, 0.3) is 0 Å². The lowest BCUT2D eigenvalue weighted by Crippen LogP contribution is -2.39. The molecule has 2 aliphatic heterocycles. The van der Waals surface area contributed by atoms with Crippen molar-refractivity contribution in [3.8, 4) is 0 Å². The van der Waals surface area contributed by atoms with E-state index in [2.05, 4.69) is 13.0 Å². The molecular formula is C30H41NO5S. The molecule has 4 rings (SSSR count). The van der Waals surface area contributed by atoms with Gasteiger partial charge in [-0.1, -0.05) is 46.2 Å². The van der Waals surface area contributed by atoms with E-state index < -0.39 is 23.5 Å². The first kappa shape index (κ1) is 27.9. The summed E-state index contributed by atoms with van der Waals surface area (Å²) >= 11 is 1.62. The number of aliphatic hydroxyl groups is 1. The number of esters is 1.